The Balaban J connectivity index is 1.74. The number of rotatable bonds is 4. The molecule has 3 aromatic heterocycles. The van der Waals surface area contributed by atoms with Gasteiger partial charge in [0, 0.05) is 12.6 Å². The van der Waals surface area contributed by atoms with Crippen LogP contribution in [0.5, 0.6) is 0 Å². The number of aromatic nitrogens is 4. The minimum Gasteiger partial charge on any atom is -0.346 e. The predicted molar refractivity (Wildman–Crippen MR) is 101 cm³/mol. The van der Waals surface area contributed by atoms with E-state index in [-0.39, 0.29) is 17.2 Å². The van der Waals surface area contributed by atoms with Crippen molar-refractivity contribution in [2.75, 3.05) is 0 Å². The third-order valence-corrected chi connectivity index (χ3v) is 4.54. The summed E-state index contributed by atoms with van der Waals surface area (Å²) < 4.78 is 21.2. The molecule has 142 valence electrons. The molecule has 0 fully saturated rings. The molecule has 0 saturated heterocycles. The highest BCUT2D eigenvalue weighted by atomic mass is 19.1. The molecule has 7 nitrogen and oxygen atoms in total. The van der Waals surface area contributed by atoms with Gasteiger partial charge in [0.25, 0.3) is 11.6 Å². The molecule has 3 heterocycles. The Bertz CT molecular complexity index is 1190. The van der Waals surface area contributed by atoms with Crippen molar-refractivity contribution in [1.82, 2.24) is 25.2 Å². The Hall–Kier alpha value is -3.55. The van der Waals surface area contributed by atoms with Gasteiger partial charge in [0.1, 0.15) is 5.82 Å². The zero-order valence-corrected chi connectivity index (χ0v) is 15.7. The zero-order valence-electron chi connectivity index (χ0n) is 15.7. The Morgan fingerprint density at radius 3 is 2.75 bits per heavy atom. The smallest absolute Gasteiger partial charge is 0.259 e. The fourth-order valence-electron chi connectivity index (χ4n) is 3.18. The molecule has 1 N–H and O–H groups in total. The lowest BCUT2D eigenvalue weighted by atomic mass is 10.0. The van der Waals surface area contributed by atoms with Crippen molar-refractivity contribution in [2.45, 2.75) is 20.4 Å². The lowest BCUT2D eigenvalue weighted by molar-refractivity contribution is 0.0951. The molecule has 0 spiro atoms. The van der Waals surface area contributed by atoms with E-state index in [0.29, 0.717) is 28.9 Å². The molecule has 8 heteroatoms. The molecule has 28 heavy (non-hydrogen) atoms. The number of pyridine rings is 1. The molecule has 0 aliphatic rings. The van der Waals surface area contributed by atoms with E-state index in [9.17, 15) is 9.18 Å². The molecule has 1 amide bonds. The minimum atomic E-state index is -0.428. The molecule has 4 rings (SSSR count). The van der Waals surface area contributed by atoms with E-state index in [1.165, 1.54) is 6.07 Å². The number of carbonyl (C=O) groups is 1. The SMILES string of the molecule is Cc1cc(CNC(=O)c2cc(-c3ccccc3F)nc3onc(C)c23)n(C)n1. The normalized spacial score (nSPS) is 11.1. The Morgan fingerprint density at radius 2 is 2.04 bits per heavy atom. The maximum Gasteiger partial charge on any atom is 0.259 e. The number of amides is 1. The van der Waals surface area contributed by atoms with E-state index in [1.54, 1.807) is 35.9 Å². The summed E-state index contributed by atoms with van der Waals surface area (Å²) in [5, 5.41) is 11.6. The van der Waals surface area contributed by atoms with Crippen LogP contribution >= 0.6 is 0 Å². The number of hydrogen-bond donors (Lipinski definition) is 1. The largest absolute Gasteiger partial charge is 0.346 e. The molecule has 0 aliphatic carbocycles. The van der Waals surface area contributed by atoms with Crippen LogP contribution in [-0.2, 0) is 13.6 Å². The maximum absolute atomic E-state index is 14.2. The van der Waals surface area contributed by atoms with Gasteiger partial charge in [-0.05, 0) is 38.1 Å². The molecule has 0 saturated carbocycles. The summed E-state index contributed by atoms with van der Waals surface area (Å²) in [6, 6.07) is 9.72. The lowest BCUT2D eigenvalue weighted by Crippen LogP contribution is -2.24. The fraction of sp³-hybridized carbons (Fsp3) is 0.200. The van der Waals surface area contributed by atoms with Gasteiger partial charge in [-0.15, -0.1) is 0 Å². The van der Waals surface area contributed by atoms with Crippen LogP contribution < -0.4 is 5.32 Å². The van der Waals surface area contributed by atoms with Crippen molar-refractivity contribution in [2.24, 2.45) is 7.05 Å². The topological polar surface area (TPSA) is 85.8 Å². The average Bonchev–Trinajstić information content (AvgIpc) is 3.20. The summed E-state index contributed by atoms with van der Waals surface area (Å²) in [6.07, 6.45) is 0. The number of hydrogen-bond acceptors (Lipinski definition) is 5. The molecule has 0 bridgehead atoms. The van der Waals surface area contributed by atoms with Crippen molar-refractivity contribution in [3.8, 4) is 11.3 Å². The summed E-state index contributed by atoms with van der Waals surface area (Å²) in [5.74, 6) is -0.752. The van der Waals surface area contributed by atoms with Gasteiger partial charge < -0.3 is 9.84 Å². The molecule has 0 atom stereocenters. The quantitative estimate of drug-likeness (QED) is 0.588. The summed E-state index contributed by atoms with van der Waals surface area (Å²) in [5.41, 5.74) is 3.41. The second-order valence-electron chi connectivity index (χ2n) is 6.57. The first-order valence-corrected chi connectivity index (χ1v) is 8.73. The van der Waals surface area contributed by atoms with Crippen molar-refractivity contribution >= 4 is 17.0 Å². The Labute approximate surface area is 160 Å². The second kappa shape index (κ2) is 6.88. The van der Waals surface area contributed by atoms with Crippen molar-refractivity contribution in [1.29, 1.82) is 0 Å². The van der Waals surface area contributed by atoms with Gasteiger partial charge >= 0.3 is 0 Å². The maximum atomic E-state index is 14.2. The van der Waals surface area contributed by atoms with Crippen LogP contribution in [0.2, 0.25) is 0 Å². The van der Waals surface area contributed by atoms with E-state index in [1.807, 2.05) is 20.0 Å². The summed E-state index contributed by atoms with van der Waals surface area (Å²) in [4.78, 5) is 17.3. The van der Waals surface area contributed by atoms with Crippen LogP contribution in [0.25, 0.3) is 22.4 Å². The highest BCUT2D eigenvalue weighted by Crippen LogP contribution is 2.28. The van der Waals surface area contributed by atoms with Crippen LogP contribution in [0.3, 0.4) is 0 Å². The first-order valence-electron chi connectivity index (χ1n) is 8.73. The third kappa shape index (κ3) is 3.13. The number of nitrogens with zero attached hydrogens (tertiary/aromatic N) is 4. The van der Waals surface area contributed by atoms with Crippen molar-refractivity contribution in [3.05, 3.63) is 64.9 Å². The van der Waals surface area contributed by atoms with Gasteiger partial charge in [0.05, 0.1) is 40.3 Å². The average molecular weight is 379 g/mol. The summed E-state index contributed by atoms with van der Waals surface area (Å²) in [7, 11) is 1.82. The number of nitrogens with one attached hydrogen (secondary N) is 1. The molecule has 0 aliphatic heterocycles. The highest BCUT2D eigenvalue weighted by molar-refractivity contribution is 6.06. The second-order valence-corrected chi connectivity index (χ2v) is 6.57. The van der Waals surface area contributed by atoms with Crippen molar-refractivity contribution < 1.29 is 13.7 Å². The molecular formula is C20H18FN5O2. The van der Waals surface area contributed by atoms with E-state index in [0.717, 1.165) is 11.4 Å². The van der Waals surface area contributed by atoms with Crippen LogP contribution in [0, 0.1) is 19.7 Å². The predicted octanol–water partition coefficient (Wildman–Crippen LogP) is 3.31. The monoisotopic (exact) mass is 379 g/mol. The van der Waals surface area contributed by atoms with Crippen LogP contribution in [0.15, 0.2) is 40.9 Å². The minimum absolute atomic E-state index is 0.194. The van der Waals surface area contributed by atoms with Crippen LogP contribution in [-0.4, -0.2) is 25.8 Å². The molecule has 1 aromatic carbocycles. The summed E-state index contributed by atoms with van der Waals surface area (Å²) >= 11 is 0. The standard InChI is InChI=1S/C20H18FN5O2/c1-11-8-13(26(3)24-11)10-22-19(27)15-9-17(14-6-4-5-7-16(14)21)23-20-18(15)12(2)25-28-20/h4-9H,10H2,1-3H3,(H,22,27). The number of aryl methyl sites for hydroxylation is 3. The summed E-state index contributed by atoms with van der Waals surface area (Å²) in [6.45, 7) is 3.93. The van der Waals surface area contributed by atoms with E-state index < -0.39 is 5.82 Å². The Kier molecular flexibility index (Phi) is 4.38. The van der Waals surface area contributed by atoms with Gasteiger partial charge in [-0.25, -0.2) is 9.37 Å². The molecule has 0 radical (unpaired) electrons. The number of benzene rings is 1. The van der Waals surface area contributed by atoms with Crippen LogP contribution in [0.1, 0.15) is 27.4 Å². The van der Waals surface area contributed by atoms with Gasteiger partial charge in [-0.2, -0.15) is 5.10 Å². The van der Waals surface area contributed by atoms with E-state index in [2.05, 4.69) is 20.6 Å². The van der Waals surface area contributed by atoms with E-state index in [4.69, 9.17) is 4.52 Å². The van der Waals surface area contributed by atoms with Crippen molar-refractivity contribution in [3.63, 3.8) is 0 Å². The number of fused-ring (bicyclic) bond motifs is 1. The fourth-order valence-corrected chi connectivity index (χ4v) is 3.18. The lowest BCUT2D eigenvalue weighted by Gasteiger charge is -2.09. The third-order valence-electron chi connectivity index (χ3n) is 4.54. The van der Waals surface area contributed by atoms with Gasteiger partial charge in [0.2, 0.25) is 0 Å². The first kappa shape index (κ1) is 17.8. The number of carbonyl (C=O) groups excluding carboxylic acids is 1. The van der Waals surface area contributed by atoms with Crippen LogP contribution in [0.4, 0.5) is 4.39 Å². The molecular weight excluding hydrogens is 361 g/mol. The zero-order chi connectivity index (χ0) is 19.8. The van der Waals surface area contributed by atoms with Gasteiger partial charge in [0.15, 0.2) is 0 Å². The molecule has 4 aromatic rings. The highest BCUT2D eigenvalue weighted by Gasteiger charge is 2.20. The first-order chi connectivity index (χ1) is 13.4. The molecule has 0 unspecified atom stereocenters. The van der Waals surface area contributed by atoms with Gasteiger partial charge in [-0.3, -0.25) is 9.48 Å². The van der Waals surface area contributed by atoms with Gasteiger partial charge in [-0.1, -0.05) is 17.3 Å². The number of halogens is 1. The Morgan fingerprint density at radius 1 is 1.25 bits per heavy atom. The van der Waals surface area contributed by atoms with E-state index >= 15 is 0 Å².